The number of carbonyl (C=O) groups excluding carboxylic acids is 1. The SMILES string of the molecule is CCNC(=NCC(C)Oc1cccc(OC)c1)NCCNC(=O)C(C)(C)C.I. The molecule has 1 amide bonds. The number of nitrogens with one attached hydrogen (secondary N) is 3. The molecule has 0 spiro atoms. The van der Waals surface area contributed by atoms with E-state index in [1.54, 1.807) is 7.11 Å². The molecule has 1 aromatic rings. The van der Waals surface area contributed by atoms with Crippen molar-refractivity contribution in [2.24, 2.45) is 10.4 Å². The maximum Gasteiger partial charge on any atom is 0.225 e. The minimum absolute atomic E-state index is 0. The number of nitrogens with zero attached hydrogens (tertiary/aromatic N) is 1. The molecule has 28 heavy (non-hydrogen) atoms. The number of benzene rings is 1. The van der Waals surface area contributed by atoms with Crippen molar-refractivity contribution in [3.05, 3.63) is 24.3 Å². The van der Waals surface area contributed by atoms with Crippen LogP contribution in [0.2, 0.25) is 0 Å². The molecule has 0 radical (unpaired) electrons. The quantitative estimate of drug-likeness (QED) is 0.208. The van der Waals surface area contributed by atoms with Crippen LogP contribution < -0.4 is 25.4 Å². The smallest absolute Gasteiger partial charge is 0.225 e. The van der Waals surface area contributed by atoms with E-state index in [2.05, 4.69) is 20.9 Å². The van der Waals surface area contributed by atoms with Gasteiger partial charge in [-0.1, -0.05) is 26.8 Å². The van der Waals surface area contributed by atoms with Crippen LogP contribution in [0.3, 0.4) is 0 Å². The summed E-state index contributed by atoms with van der Waals surface area (Å²) in [5.41, 5.74) is -0.383. The Bertz CT molecular complexity index is 618. The van der Waals surface area contributed by atoms with Crippen LogP contribution in [0.15, 0.2) is 29.3 Å². The Hall–Kier alpha value is -1.71. The number of carbonyl (C=O) groups is 1. The van der Waals surface area contributed by atoms with Gasteiger partial charge in [-0.15, -0.1) is 24.0 Å². The highest BCUT2D eigenvalue weighted by Crippen LogP contribution is 2.19. The number of guanidine groups is 1. The van der Waals surface area contributed by atoms with Gasteiger partial charge < -0.3 is 25.4 Å². The van der Waals surface area contributed by atoms with Crippen molar-refractivity contribution in [1.29, 1.82) is 0 Å². The summed E-state index contributed by atoms with van der Waals surface area (Å²) < 4.78 is 11.1. The predicted octanol–water partition coefficient (Wildman–Crippen LogP) is 2.80. The fourth-order valence-corrected chi connectivity index (χ4v) is 2.13. The molecule has 0 fully saturated rings. The maximum absolute atomic E-state index is 11.9. The van der Waals surface area contributed by atoms with Crippen molar-refractivity contribution in [3.63, 3.8) is 0 Å². The number of hydrogen-bond acceptors (Lipinski definition) is 4. The lowest BCUT2D eigenvalue weighted by Gasteiger charge is -2.18. The number of aliphatic imine (C=N–C) groups is 1. The maximum atomic E-state index is 11.9. The Morgan fingerprint density at radius 2 is 1.79 bits per heavy atom. The summed E-state index contributed by atoms with van der Waals surface area (Å²) in [6.07, 6.45) is -0.0897. The van der Waals surface area contributed by atoms with Crippen LogP contribution in [0.4, 0.5) is 0 Å². The Labute approximate surface area is 186 Å². The summed E-state index contributed by atoms with van der Waals surface area (Å²) in [5, 5.41) is 9.31. The summed E-state index contributed by atoms with van der Waals surface area (Å²) in [6, 6.07) is 7.51. The molecule has 1 unspecified atom stereocenters. The molecule has 0 aromatic heterocycles. The Balaban J connectivity index is 0.00000729. The van der Waals surface area contributed by atoms with E-state index in [0.717, 1.165) is 18.0 Å². The third-order valence-electron chi connectivity index (χ3n) is 3.61. The van der Waals surface area contributed by atoms with E-state index >= 15 is 0 Å². The first-order valence-electron chi connectivity index (χ1n) is 9.37. The fraction of sp³-hybridized carbons (Fsp3) is 0.600. The topological polar surface area (TPSA) is 84.0 Å². The second kappa shape index (κ2) is 13.5. The van der Waals surface area contributed by atoms with E-state index in [9.17, 15) is 4.79 Å². The van der Waals surface area contributed by atoms with Crippen LogP contribution in [0.25, 0.3) is 0 Å². The first-order valence-corrected chi connectivity index (χ1v) is 9.37. The molecule has 3 N–H and O–H groups in total. The lowest BCUT2D eigenvalue weighted by molar-refractivity contribution is -0.128. The molecule has 0 aliphatic rings. The first-order chi connectivity index (χ1) is 12.8. The Kier molecular flexibility index (Phi) is 12.6. The molecule has 0 aliphatic carbocycles. The number of amides is 1. The molecule has 0 saturated heterocycles. The summed E-state index contributed by atoms with van der Waals surface area (Å²) >= 11 is 0. The molecule has 1 aromatic carbocycles. The molecule has 8 heteroatoms. The zero-order valence-electron chi connectivity index (χ0n) is 17.8. The van der Waals surface area contributed by atoms with Gasteiger partial charge in [-0.05, 0) is 26.0 Å². The van der Waals surface area contributed by atoms with Crippen LogP contribution in [0.1, 0.15) is 34.6 Å². The van der Waals surface area contributed by atoms with Crippen LogP contribution in [0.5, 0.6) is 11.5 Å². The molecule has 1 rings (SSSR count). The molecule has 0 aliphatic heterocycles. The highest BCUT2D eigenvalue weighted by atomic mass is 127. The molecule has 7 nitrogen and oxygen atoms in total. The molecular formula is C20H35IN4O3. The third kappa shape index (κ3) is 10.6. The van der Waals surface area contributed by atoms with Gasteiger partial charge in [0.25, 0.3) is 0 Å². The van der Waals surface area contributed by atoms with E-state index in [0.29, 0.717) is 25.6 Å². The average Bonchev–Trinajstić information content (AvgIpc) is 2.62. The standard InChI is InChI=1S/C20H34N4O3.HI/c1-7-21-19(23-12-11-22-18(25)20(3,4)5)24-14-15(2)27-17-10-8-9-16(13-17)26-6;/h8-10,13,15H,7,11-12,14H2,1-6H3,(H,22,25)(H2,21,23,24);1H. The number of hydrogen-bond donors (Lipinski definition) is 3. The van der Waals surface area contributed by atoms with Gasteiger partial charge in [-0.3, -0.25) is 4.79 Å². The van der Waals surface area contributed by atoms with Gasteiger partial charge in [0.2, 0.25) is 5.91 Å². The van der Waals surface area contributed by atoms with Gasteiger partial charge in [0.05, 0.1) is 13.7 Å². The van der Waals surface area contributed by atoms with Gasteiger partial charge in [0.1, 0.15) is 17.6 Å². The molecule has 1 atom stereocenters. The van der Waals surface area contributed by atoms with Crippen molar-refractivity contribution >= 4 is 35.8 Å². The van der Waals surface area contributed by atoms with Gasteiger partial charge in [0.15, 0.2) is 5.96 Å². The summed E-state index contributed by atoms with van der Waals surface area (Å²) in [5.74, 6) is 2.24. The fourth-order valence-electron chi connectivity index (χ4n) is 2.13. The first kappa shape index (κ1) is 26.3. The van der Waals surface area contributed by atoms with E-state index in [1.807, 2.05) is 58.9 Å². The summed E-state index contributed by atoms with van der Waals surface area (Å²) in [4.78, 5) is 16.4. The van der Waals surface area contributed by atoms with Crippen molar-refractivity contribution in [2.45, 2.75) is 40.7 Å². The van der Waals surface area contributed by atoms with E-state index < -0.39 is 0 Å². The average molecular weight is 506 g/mol. The highest BCUT2D eigenvalue weighted by Gasteiger charge is 2.20. The largest absolute Gasteiger partial charge is 0.497 e. The number of methoxy groups -OCH3 is 1. The van der Waals surface area contributed by atoms with Crippen molar-refractivity contribution in [1.82, 2.24) is 16.0 Å². The van der Waals surface area contributed by atoms with E-state index in [-0.39, 0.29) is 41.4 Å². The summed E-state index contributed by atoms with van der Waals surface area (Å²) in [6.45, 7) is 12.0. The number of ether oxygens (including phenoxy) is 2. The molecular weight excluding hydrogens is 471 g/mol. The predicted molar refractivity (Wildman–Crippen MR) is 125 cm³/mol. The Morgan fingerprint density at radius 1 is 1.14 bits per heavy atom. The molecule has 160 valence electrons. The third-order valence-corrected chi connectivity index (χ3v) is 3.61. The zero-order valence-corrected chi connectivity index (χ0v) is 20.1. The van der Waals surface area contributed by atoms with Gasteiger partial charge >= 0.3 is 0 Å². The van der Waals surface area contributed by atoms with Gasteiger partial charge in [-0.25, -0.2) is 4.99 Å². The van der Waals surface area contributed by atoms with Crippen LogP contribution in [0, 0.1) is 5.41 Å². The van der Waals surface area contributed by atoms with Crippen molar-refractivity contribution in [2.75, 3.05) is 33.3 Å². The monoisotopic (exact) mass is 506 g/mol. The van der Waals surface area contributed by atoms with Gasteiger partial charge in [0, 0.05) is 31.1 Å². The van der Waals surface area contributed by atoms with Crippen molar-refractivity contribution < 1.29 is 14.3 Å². The normalized spacial score (nSPS) is 12.4. The molecule has 0 heterocycles. The molecule has 0 saturated carbocycles. The highest BCUT2D eigenvalue weighted by molar-refractivity contribution is 14.0. The van der Waals surface area contributed by atoms with Crippen LogP contribution in [-0.2, 0) is 4.79 Å². The van der Waals surface area contributed by atoms with Crippen LogP contribution >= 0.6 is 24.0 Å². The Morgan fingerprint density at radius 3 is 2.39 bits per heavy atom. The van der Waals surface area contributed by atoms with E-state index in [4.69, 9.17) is 9.47 Å². The van der Waals surface area contributed by atoms with E-state index in [1.165, 1.54) is 0 Å². The second-order valence-electron chi connectivity index (χ2n) is 7.26. The number of rotatable bonds is 9. The van der Waals surface area contributed by atoms with Gasteiger partial charge in [-0.2, -0.15) is 0 Å². The minimum Gasteiger partial charge on any atom is -0.497 e. The summed E-state index contributed by atoms with van der Waals surface area (Å²) in [7, 11) is 1.63. The minimum atomic E-state index is -0.383. The lowest BCUT2D eigenvalue weighted by atomic mass is 9.96. The van der Waals surface area contributed by atoms with Crippen LogP contribution in [-0.4, -0.2) is 51.3 Å². The van der Waals surface area contributed by atoms with Crippen molar-refractivity contribution in [3.8, 4) is 11.5 Å². The number of halogens is 1. The lowest BCUT2D eigenvalue weighted by Crippen LogP contribution is -2.43. The zero-order chi connectivity index (χ0) is 20.3. The molecule has 0 bridgehead atoms. The second-order valence-corrected chi connectivity index (χ2v) is 7.26.